The lowest BCUT2D eigenvalue weighted by atomic mass is 10.0. The molecule has 1 unspecified atom stereocenters. The van der Waals surface area contributed by atoms with E-state index in [0.717, 1.165) is 24.2 Å². The van der Waals surface area contributed by atoms with Crippen molar-refractivity contribution in [2.24, 2.45) is 0 Å². The zero-order valence-electron chi connectivity index (χ0n) is 15.1. The molecule has 1 atom stereocenters. The van der Waals surface area contributed by atoms with Gasteiger partial charge in [-0.1, -0.05) is 60.7 Å². The van der Waals surface area contributed by atoms with Gasteiger partial charge in [-0.25, -0.2) is 0 Å². The molecule has 3 aromatic rings. The highest BCUT2D eigenvalue weighted by Gasteiger charge is 2.24. The monoisotopic (exact) mass is 358 g/mol. The number of hydrogen-bond donors (Lipinski definition) is 1. The Hall–Kier alpha value is -3.07. The summed E-state index contributed by atoms with van der Waals surface area (Å²) in [5.74, 6) is 0.0619. The van der Waals surface area contributed by atoms with Crippen LogP contribution < -0.4 is 4.74 Å². The van der Waals surface area contributed by atoms with Gasteiger partial charge in [-0.2, -0.15) is 0 Å². The number of aliphatic carboxylic acids is 1. The quantitative estimate of drug-likeness (QED) is 0.638. The second-order valence-electron chi connectivity index (χ2n) is 6.96. The van der Waals surface area contributed by atoms with E-state index in [4.69, 9.17) is 9.84 Å². The Morgan fingerprint density at radius 3 is 2.48 bits per heavy atom. The van der Waals surface area contributed by atoms with Crippen LogP contribution in [0.5, 0.6) is 5.75 Å². The zero-order chi connectivity index (χ0) is 18.6. The number of carboxylic acid groups (broad SMARTS) is 1. The number of ether oxygens (including phenoxy) is 1. The number of rotatable bonds is 6. The molecule has 136 valence electrons. The molecule has 27 heavy (non-hydrogen) atoms. The molecule has 0 heterocycles. The number of carbonyl (C=O) groups is 1. The maximum absolute atomic E-state index is 10.7. The highest BCUT2D eigenvalue weighted by Crippen LogP contribution is 2.37. The number of benzene rings is 3. The first kappa shape index (κ1) is 17.3. The molecule has 0 aliphatic heterocycles. The van der Waals surface area contributed by atoms with Gasteiger partial charge in [0.1, 0.15) is 11.9 Å². The summed E-state index contributed by atoms with van der Waals surface area (Å²) in [6.07, 6.45) is 2.78. The summed E-state index contributed by atoms with van der Waals surface area (Å²) < 4.78 is 6.21. The predicted octanol–water partition coefficient (Wildman–Crippen LogP) is 5.44. The Bertz CT molecular complexity index is 930. The molecule has 1 N–H and O–H groups in total. The van der Waals surface area contributed by atoms with Gasteiger partial charge in [0.25, 0.3) is 0 Å². The third kappa shape index (κ3) is 4.03. The van der Waals surface area contributed by atoms with Crippen molar-refractivity contribution in [1.82, 2.24) is 0 Å². The highest BCUT2D eigenvalue weighted by molar-refractivity contribution is 5.67. The van der Waals surface area contributed by atoms with Crippen LogP contribution in [-0.2, 0) is 17.6 Å². The molecule has 0 aromatic heterocycles. The molecule has 3 nitrogen and oxygen atoms in total. The Morgan fingerprint density at radius 2 is 1.74 bits per heavy atom. The molecule has 0 amide bonds. The molecule has 3 aromatic carbocycles. The van der Waals surface area contributed by atoms with E-state index in [0.29, 0.717) is 6.42 Å². The summed E-state index contributed by atoms with van der Waals surface area (Å²) in [6, 6.07) is 24.9. The van der Waals surface area contributed by atoms with E-state index >= 15 is 0 Å². The fourth-order valence-electron chi connectivity index (χ4n) is 3.66. The molecule has 0 radical (unpaired) electrons. The second kappa shape index (κ2) is 7.67. The standard InChI is InChI=1S/C24H22O3/c25-24(26)15-8-17-6-11-21(12-7-17)27-23-14-10-20-16-19(9-13-22(20)23)18-4-2-1-3-5-18/h1-7,9,11-13,16,23H,8,10,14-15H2,(H,25,26). The molecular formula is C24H22O3. The minimum Gasteiger partial charge on any atom is -0.486 e. The van der Waals surface area contributed by atoms with Gasteiger partial charge in [0.2, 0.25) is 0 Å². The smallest absolute Gasteiger partial charge is 0.303 e. The van der Waals surface area contributed by atoms with Crippen LogP contribution >= 0.6 is 0 Å². The minimum atomic E-state index is -0.771. The molecule has 0 saturated heterocycles. The molecule has 0 saturated carbocycles. The SMILES string of the molecule is O=C(O)CCc1ccc(OC2CCc3cc(-c4ccccc4)ccc32)cc1. The topological polar surface area (TPSA) is 46.5 Å². The van der Waals surface area contributed by atoms with Gasteiger partial charge in [0.05, 0.1) is 0 Å². The maximum Gasteiger partial charge on any atom is 0.303 e. The molecular weight excluding hydrogens is 336 g/mol. The van der Waals surface area contributed by atoms with Crippen LogP contribution in [-0.4, -0.2) is 11.1 Å². The lowest BCUT2D eigenvalue weighted by molar-refractivity contribution is -0.136. The van der Waals surface area contributed by atoms with Crippen molar-refractivity contribution in [3.8, 4) is 16.9 Å². The van der Waals surface area contributed by atoms with Crippen molar-refractivity contribution >= 4 is 5.97 Å². The van der Waals surface area contributed by atoms with Crippen molar-refractivity contribution in [3.63, 3.8) is 0 Å². The van der Waals surface area contributed by atoms with Crippen LogP contribution in [0, 0.1) is 0 Å². The highest BCUT2D eigenvalue weighted by atomic mass is 16.5. The first-order valence-electron chi connectivity index (χ1n) is 9.35. The number of aryl methyl sites for hydroxylation is 2. The third-order valence-corrected chi connectivity index (χ3v) is 5.10. The largest absolute Gasteiger partial charge is 0.486 e. The number of carboxylic acids is 1. The van der Waals surface area contributed by atoms with Crippen molar-refractivity contribution < 1.29 is 14.6 Å². The normalized spacial score (nSPS) is 15.3. The van der Waals surface area contributed by atoms with Crippen molar-refractivity contribution in [3.05, 3.63) is 89.5 Å². The second-order valence-corrected chi connectivity index (χ2v) is 6.96. The van der Waals surface area contributed by atoms with Crippen LogP contribution in [0.3, 0.4) is 0 Å². The van der Waals surface area contributed by atoms with E-state index in [9.17, 15) is 4.79 Å². The van der Waals surface area contributed by atoms with E-state index < -0.39 is 5.97 Å². The van der Waals surface area contributed by atoms with Crippen molar-refractivity contribution in [2.45, 2.75) is 31.8 Å². The summed E-state index contributed by atoms with van der Waals surface area (Å²) in [7, 11) is 0. The number of hydrogen-bond acceptors (Lipinski definition) is 2. The fourth-order valence-corrected chi connectivity index (χ4v) is 3.66. The third-order valence-electron chi connectivity index (χ3n) is 5.10. The predicted molar refractivity (Wildman–Crippen MR) is 106 cm³/mol. The van der Waals surface area contributed by atoms with Gasteiger partial charge in [-0.3, -0.25) is 4.79 Å². The van der Waals surface area contributed by atoms with Gasteiger partial charge in [-0.15, -0.1) is 0 Å². The van der Waals surface area contributed by atoms with Gasteiger partial charge in [0.15, 0.2) is 0 Å². The zero-order valence-corrected chi connectivity index (χ0v) is 15.1. The molecule has 0 spiro atoms. The Balaban J connectivity index is 1.46. The van der Waals surface area contributed by atoms with E-state index in [1.54, 1.807) is 0 Å². The van der Waals surface area contributed by atoms with Gasteiger partial charge < -0.3 is 9.84 Å². The first-order valence-corrected chi connectivity index (χ1v) is 9.35. The Morgan fingerprint density at radius 1 is 0.963 bits per heavy atom. The lowest BCUT2D eigenvalue weighted by Gasteiger charge is -2.16. The Kier molecular flexibility index (Phi) is 4.93. The lowest BCUT2D eigenvalue weighted by Crippen LogP contribution is -2.03. The van der Waals surface area contributed by atoms with Crippen molar-refractivity contribution in [2.75, 3.05) is 0 Å². The van der Waals surface area contributed by atoms with E-state index in [2.05, 4.69) is 42.5 Å². The number of fused-ring (bicyclic) bond motifs is 1. The minimum absolute atomic E-state index is 0.0784. The fraction of sp³-hybridized carbons (Fsp3) is 0.208. The van der Waals surface area contributed by atoms with E-state index in [1.165, 1.54) is 22.3 Å². The summed E-state index contributed by atoms with van der Waals surface area (Å²) in [5.41, 5.74) is 6.13. The van der Waals surface area contributed by atoms with Crippen LogP contribution in [0.4, 0.5) is 0 Å². The summed E-state index contributed by atoms with van der Waals surface area (Å²) >= 11 is 0. The van der Waals surface area contributed by atoms with Crippen LogP contribution in [0.25, 0.3) is 11.1 Å². The summed E-state index contributed by atoms with van der Waals surface area (Å²) in [5, 5.41) is 8.78. The summed E-state index contributed by atoms with van der Waals surface area (Å²) in [6.45, 7) is 0. The van der Waals surface area contributed by atoms with Crippen LogP contribution in [0.15, 0.2) is 72.8 Å². The molecule has 1 aliphatic rings. The average Bonchev–Trinajstić information content (AvgIpc) is 3.10. The molecule has 1 aliphatic carbocycles. The molecule has 4 rings (SSSR count). The average molecular weight is 358 g/mol. The van der Waals surface area contributed by atoms with Crippen molar-refractivity contribution in [1.29, 1.82) is 0 Å². The van der Waals surface area contributed by atoms with Gasteiger partial charge >= 0.3 is 5.97 Å². The van der Waals surface area contributed by atoms with Crippen LogP contribution in [0.2, 0.25) is 0 Å². The molecule has 0 bridgehead atoms. The van der Waals surface area contributed by atoms with E-state index in [1.807, 2.05) is 30.3 Å². The van der Waals surface area contributed by atoms with Crippen LogP contribution in [0.1, 0.15) is 35.6 Å². The first-order chi connectivity index (χ1) is 13.2. The van der Waals surface area contributed by atoms with Gasteiger partial charge in [0, 0.05) is 6.42 Å². The Labute approximate surface area is 159 Å². The summed E-state index contributed by atoms with van der Waals surface area (Å²) in [4.78, 5) is 10.7. The molecule has 0 fully saturated rings. The van der Waals surface area contributed by atoms with E-state index in [-0.39, 0.29) is 12.5 Å². The molecule has 3 heteroatoms. The maximum atomic E-state index is 10.7. The van der Waals surface area contributed by atoms with Gasteiger partial charge in [-0.05, 0) is 59.2 Å².